The van der Waals surface area contributed by atoms with Crippen LogP contribution < -0.4 is 5.32 Å². The summed E-state index contributed by atoms with van der Waals surface area (Å²) in [5, 5.41) is 11.8. The second-order valence-electron chi connectivity index (χ2n) is 3.00. The fourth-order valence-electron chi connectivity index (χ4n) is 1.15. The molecular weight excluding hydrogens is 202 g/mol. The van der Waals surface area contributed by atoms with Crippen molar-refractivity contribution in [2.45, 2.75) is 13.0 Å². The predicted octanol–water partition coefficient (Wildman–Crippen LogP) is 1.51. The number of carbonyl (C=O) groups is 1. The third-order valence-electron chi connectivity index (χ3n) is 1.87. The van der Waals surface area contributed by atoms with Crippen LogP contribution in [-0.4, -0.2) is 17.6 Å². The summed E-state index contributed by atoms with van der Waals surface area (Å²) in [6.45, 7) is 1.34. The second-order valence-corrected chi connectivity index (χ2v) is 3.44. The Bertz CT molecular complexity index is 328. The molecule has 3 nitrogen and oxygen atoms in total. The van der Waals surface area contributed by atoms with E-state index in [0.29, 0.717) is 5.02 Å². The first kappa shape index (κ1) is 11.0. The smallest absolute Gasteiger partial charge is 0.246 e. The average Bonchev–Trinajstić information content (AvgIpc) is 2.17. The fraction of sp³-hybridized carbons (Fsp3) is 0.300. The van der Waals surface area contributed by atoms with Gasteiger partial charge in [-0.1, -0.05) is 23.7 Å². The molecule has 0 spiro atoms. The number of amides is 1. The van der Waals surface area contributed by atoms with Crippen molar-refractivity contribution in [1.82, 2.24) is 5.32 Å². The van der Waals surface area contributed by atoms with Crippen molar-refractivity contribution in [1.29, 1.82) is 0 Å². The monoisotopic (exact) mass is 213 g/mol. The fourth-order valence-corrected chi connectivity index (χ4v) is 1.35. The molecule has 0 heterocycles. The Kier molecular flexibility index (Phi) is 3.92. The number of rotatable bonds is 3. The maximum atomic E-state index is 10.9. The van der Waals surface area contributed by atoms with E-state index < -0.39 is 12.5 Å². The van der Waals surface area contributed by atoms with Crippen LogP contribution in [0.1, 0.15) is 18.5 Å². The summed E-state index contributed by atoms with van der Waals surface area (Å²) in [7, 11) is 0. The van der Waals surface area contributed by atoms with Gasteiger partial charge in [-0.05, 0) is 24.6 Å². The van der Waals surface area contributed by atoms with Gasteiger partial charge in [0.25, 0.3) is 0 Å². The molecule has 0 bridgehead atoms. The van der Waals surface area contributed by atoms with E-state index in [1.807, 2.05) is 19.1 Å². The molecular formula is C10H12ClNO2. The van der Waals surface area contributed by atoms with Gasteiger partial charge in [-0.2, -0.15) is 0 Å². The summed E-state index contributed by atoms with van der Waals surface area (Å²) in [5.41, 5.74) is 0.916. The van der Waals surface area contributed by atoms with Crippen LogP contribution in [0.3, 0.4) is 0 Å². The Morgan fingerprint density at radius 2 is 2.36 bits per heavy atom. The van der Waals surface area contributed by atoms with E-state index >= 15 is 0 Å². The van der Waals surface area contributed by atoms with E-state index in [1.165, 1.54) is 0 Å². The normalized spacial score (nSPS) is 12.2. The number of hydrogen-bond acceptors (Lipinski definition) is 2. The van der Waals surface area contributed by atoms with Gasteiger partial charge in [-0.3, -0.25) is 4.79 Å². The van der Waals surface area contributed by atoms with Crippen molar-refractivity contribution >= 4 is 17.5 Å². The van der Waals surface area contributed by atoms with Crippen LogP contribution in [0.25, 0.3) is 0 Å². The number of benzene rings is 1. The van der Waals surface area contributed by atoms with Crippen molar-refractivity contribution in [3.05, 3.63) is 34.9 Å². The highest BCUT2D eigenvalue weighted by atomic mass is 35.5. The summed E-state index contributed by atoms with van der Waals surface area (Å²) in [6.07, 6.45) is 0. The summed E-state index contributed by atoms with van der Waals surface area (Å²) in [6, 6.07) is 7.09. The summed E-state index contributed by atoms with van der Waals surface area (Å²) < 4.78 is 0. The van der Waals surface area contributed by atoms with Crippen LogP contribution in [-0.2, 0) is 4.79 Å². The molecule has 1 atom stereocenters. The van der Waals surface area contributed by atoms with Crippen LogP contribution in [0, 0.1) is 0 Å². The molecule has 0 radical (unpaired) electrons. The Morgan fingerprint density at radius 1 is 1.64 bits per heavy atom. The highest BCUT2D eigenvalue weighted by Crippen LogP contribution is 2.16. The topological polar surface area (TPSA) is 49.3 Å². The molecule has 0 fully saturated rings. The number of aliphatic hydroxyl groups excluding tert-OH is 1. The van der Waals surface area contributed by atoms with Crippen LogP contribution in [0.5, 0.6) is 0 Å². The zero-order chi connectivity index (χ0) is 10.6. The van der Waals surface area contributed by atoms with Gasteiger partial charge in [0.15, 0.2) is 0 Å². The molecule has 1 aromatic rings. The minimum absolute atomic E-state index is 0.145. The van der Waals surface area contributed by atoms with Crippen molar-refractivity contribution < 1.29 is 9.90 Å². The average molecular weight is 214 g/mol. The number of aliphatic hydroxyl groups is 1. The van der Waals surface area contributed by atoms with Gasteiger partial charge in [-0.25, -0.2) is 0 Å². The van der Waals surface area contributed by atoms with Gasteiger partial charge >= 0.3 is 0 Å². The summed E-state index contributed by atoms with van der Waals surface area (Å²) >= 11 is 5.80. The van der Waals surface area contributed by atoms with Crippen molar-refractivity contribution in [2.24, 2.45) is 0 Å². The number of nitrogens with one attached hydrogen (secondary N) is 1. The third-order valence-corrected chi connectivity index (χ3v) is 2.10. The van der Waals surface area contributed by atoms with Gasteiger partial charge in [0.05, 0.1) is 6.04 Å². The molecule has 0 aliphatic heterocycles. The Labute approximate surface area is 87.7 Å². The highest BCUT2D eigenvalue weighted by Gasteiger charge is 2.08. The van der Waals surface area contributed by atoms with Gasteiger partial charge in [-0.15, -0.1) is 0 Å². The van der Waals surface area contributed by atoms with Crippen LogP contribution >= 0.6 is 11.6 Å². The zero-order valence-corrected chi connectivity index (χ0v) is 8.58. The summed E-state index contributed by atoms with van der Waals surface area (Å²) in [5.74, 6) is -0.391. The lowest BCUT2D eigenvalue weighted by atomic mass is 10.1. The van der Waals surface area contributed by atoms with Crippen molar-refractivity contribution in [3.63, 3.8) is 0 Å². The van der Waals surface area contributed by atoms with E-state index in [1.54, 1.807) is 12.1 Å². The quantitative estimate of drug-likeness (QED) is 0.800. The first-order chi connectivity index (χ1) is 6.63. The zero-order valence-electron chi connectivity index (χ0n) is 7.83. The Balaban J connectivity index is 2.69. The maximum absolute atomic E-state index is 10.9. The lowest BCUT2D eigenvalue weighted by molar-refractivity contribution is -0.124. The van der Waals surface area contributed by atoms with Crippen LogP contribution in [0.4, 0.5) is 0 Å². The molecule has 0 aliphatic carbocycles. The van der Waals surface area contributed by atoms with E-state index in [0.717, 1.165) is 5.56 Å². The van der Waals surface area contributed by atoms with E-state index in [4.69, 9.17) is 16.7 Å². The van der Waals surface area contributed by atoms with Crippen LogP contribution in [0.15, 0.2) is 24.3 Å². The largest absolute Gasteiger partial charge is 0.387 e. The molecule has 0 aromatic heterocycles. The second kappa shape index (κ2) is 4.98. The molecule has 1 rings (SSSR count). The van der Waals surface area contributed by atoms with E-state index in [2.05, 4.69) is 5.32 Å². The predicted molar refractivity (Wildman–Crippen MR) is 55.1 cm³/mol. The Morgan fingerprint density at radius 3 is 2.93 bits per heavy atom. The minimum Gasteiger partial charge on any atom is -0.387 e. The molecule has 4 heteroatoms. The highest BCUT2D eigenvalue weighted by molar-refractivity contribution is 6.30. The van der Waals surface area contributed by atoms with Crippen molar-refractivity contribution in [3.8, 4) is 0 Å². The number of hydrogen-bond donors (Lipinski definition) is 2. The van der Waals surface area contributed by atoms with Crippen molar-refractivity contribution in [2.75, 3.05) is 6.61 Å². The van der Waals surface area contributed by atoms with Gasteiger partial charge in [0, 0.05) is 5.02 Å². The van der Waals surface area contributed by atoms with Gasteiger partial charge < -0.3 is 10.4 Å². The molecule has 0 aliphatic rings. The van der Waals surface area contributed by atoms with E-state index in [9.17, 15) is 4.79 Å². The van der Waals surface area contributed by atoms with E-state index in [-0.39, 0.29) is 6.04 Å². The molecule has 14 heavy (non-hydrogen) atoms. The lowest BCUT2D eigenvalue weighted by Crippen LogP contribution is -2.28. The molecule has 1 amide bonds. The number of halogens is 1. The molecule has 76 valence electrons. The minimum atomic E-state index is -0.495. The molecule has 0 saturated carbocycles. The first-order valence-electron chi connectivity index (χ1n) is 4.29. The van der Waals surface area contributed by atoms with Gasteiger partial charge in [0.1, 0.15) is 6.61 Å². The summed E-state index contributed by atoms with van der Waals surface area (Å²) in [4.78, 5) is 10.9. The lowest BCUT2D eigenvalue weighted by Gasteiger charge is -2.13. The van der Waals surface area contributed by atoms with Crippen LogP contribution in [0.2, 0.25) is 5.02 Å². The number of carbonyl (C=O) groups excluding carboxylic acids is 1. The maximum Gasteiger partial charge on any atom is 0.246 e. The molecule has 1 unspecified atom stereocenters. The molecule has 1 aromatic carbocycles. The SMILES string of the molecule is CC(NC(=O)CO)c1cccc(Cl)c1. The molecule has 2 N–H and O–H groups in total. The molecule has 0 saturated heterocycles. The third kappa shape index (κ3) is 3.01. The standard InChI is InChI=1S/C10H12ClNO2/c1-7(12-10(14)6-13)8-3-2-4-9(11)5-8/h2-5,7,13H,6H2,1H3,(H,12,14). The Hall–Kier alpha value is -1.06. The van der Waals surface area contributed by atoms with Gasteiger partial charge in [0.2, 0.25) is 5.91 Å². The first-order valence-corrected chi connectivity index (χ1v) is 4.67.